The summed E-state index contributed by atoms with van der Waals surface area (Å²) in [6.07, 6.45) is 30.9. The van der Waals surface area contributed by atoms with E-state index in [4.69, 9.17) is 14.2 Å². The van der Waals surface area contributed by atoms with Crippen LogP contribution in [0.5, 0.6) is 11.5 Å². The van der Waals surface area contributed by atoms with Crippen molar-refractivity contribution in [2.45, 2.75) is 239 Å². The van der Waals surface area contributed by atoms with Gasteiger partial charge >= 0.3 is 11.9 Å². The molecule has 0 atom stereocenters. The third-order valence-electron chi connectivity index (χ3n) is 11.2. The summed E-state index contributed by atoms with van der Waals surface area (Å²) in [7, 11) is 0. The van der Waals surface area contributed by atoms with Crippen LogP contribution in [0.15, 0.2) is 12.1 Å². The third kappa shape index (κ3) is 23.6. The highest BCUT2D eigenvalue weighted by Gasteiger charge is 2.31. The minimum Gasteiger partial charge on any atom is -0.508 e. The lowest BCUT2D eigenvalue weighted by molar-refractivity contribution is -0.144. The standard InChI is InChI=1S/C48H86O6/c1-8-11-14-16-18-20-22-24-26-28-37-53-45(50)32-30-34-47(4,5)41-40-44(52-36-13-10-3)42(39-43(41)49)48(6,7)35-31-33-46(51)54-38-29-27-25-23-21-19-17-15-12-9-2/h39-40,49H,8-38H2,1-7H3. The van der Waals surface area contributed by atoms with E-state index in [1.54, 1.807) is 0 Å². The summed E-state index contributed by atoms with van der Waals surface area (Å²) < 4.78 is 17.5. The first-order chi connectivity index (χ1) is 26.0. The van der Waals surface area contributed by atoms with Crippen LogP contribution in [-0.2, 0) is 29.9 Å². The summed E-state index contributed by atoms with van der Waals surface area (Å²) in [5.41, 5.74) is 1.13. The van der Waals surface area contributed by atoms with Crippen LogP contribution in [0.25, 0.3) is 0 Å². The Morgan fingerprint density at radius 1 is 0.481 bits per heavy atom. The number of esters is 2. The number of hydrogen-bond acceptors (Lipinski definition) is 6. The predicted molar refractivity (Wildman–Crippen MR) is 228 cm³/mol. The van der Waals surface area contributed by atoms with E-state index in [9.17, 15) is 14.7 Å². The van der Waals surface area contributed by atoms with Crippen LogP contribution in [0.1, 0.15) is 239 Å². The maximum Gasteiger partial charge on any atom is 0.305 e. The second kappa shape index (κ2) is 30.9. The molecule has 0 unspecified atom stereocenters. The maximum absolute atomic E-state index is 12.5. The van der Waals surface area contributed by atoms with E-state index in [1.807, 2.05) is 12.1 Å². The molecule has 0 bridgehead atoms. The Morgan fingerprint density at radius 3 is 1.26 bits per heavy atom. The van der Waals surface area contributed by atoms with Crippen LogP contribution in [0.2, 0.25) is 0 Å². The molecule has 1 N–H and O–H groups in total. The number of ether oxygens (including phenoxy) is 3. The van der Waals surface area contributed by atoms with Crippen LogP contribution >= 0.6 is 0 Å². The summed E-state index contributed by atoms with van der Waals surface area (Å²) in [6.45, 7) is 16.9. The summed E-state index contributed by atoms with van der Waals surface area (Å²) in [5.74, 6) is 0.803. The predicted octanol–water partition coefficient (Wildman–Crippen LogP) is 14.4. The van der Waals surface area contributed by atoms with Gasteiger partial charge in [0.05, 0.1) is 19.8 Å². The number of hydrogen-bond donors (Lipinski definition) is 1. The maximum atomic E-state index is 12.5. The summed E-state index contributed by atoms with van der Waals surface area (Å²) in [5, 5.41) is 11.4. The van der Waals surface area contributed by atoms with Crippen LogP contribution in [-0.4, -0.2) is 36.9 Å². The Bertz CT molecular complexity index is 1090. The van der Waals surface area contributed by atoms with Crippen LogP contribution in [0.4, 0.5) is 0 Å². The van der Waals surface area contributed by atoms with Gasteiger partial charge in [-0.15, -0.1) is 0 Å². The van der Waals surface area contributed by atoms with Crippen molar-refractivity contribution in [1.82, 2.24) is 0 Å². The van der Waals surface area contributed by atoms with Gasteiger partial charge in [0.25, 0.3) is 0 Å². The zero-order valence-electron chi connectivity index (χ0n) is 36.6. The zero-order chi connectivity index (χ0) is 39.9. The number of aromatic hydroxyl groups is 1. The normalized spacial score (nSPS) is 11.9. The first kappa shape index (κ1) is 49.8. The van der Waals surface area contributed by atoms with Crippen molar-refractivity contribution in [3.8, 4) is 11.5 Å². The van der Waals surface area contributed by atoms with Gasteiger partial charge in [-0.1, -0.05) is 170 Å². The van der Waals surface area contributed by atoms with Crippen LogP contribution < -0.4 is 4.74 Å². The van der Waals surface area contributed by atoms with Gasteiger partial charge in [0, 0.05) is 24.0 Å². The first-order valence-corrected chi connectivity index (χ1v) is 22.8. The van der Waals surface area contributed by atoms with E-state index >= 15 is 0 Å². The highest BCUT2D eigenvalue weighted by molar-refractivity contribution is 5.69. The second-order valence-corrected chi connectivity index (χ2v) is 17.3. The highest BCUT2D eigenvalue weighted by Crippen LogP contribution is 2.44. The van der Waals surface area contributed by atoms with Crippen molar-refractivity contribution >= 4 is 11.9 Å². The summed E-state index contributed by atoms with van der Waals surface area (Å²) >= 11 is 0. The molecule has 0 spiro atoms. The molecule has 0 heterocycles. The molecule has 0 radical (unpaired) electrons. The van der Waals surface area contributed by atoms with Gasteiger partial charge in [0.1, 0.15) is 11.5 Å². The van der Waals surface area contributed by atoms with Crippen molar-refractivity contribution in [2.75, 3.05) is 19.8 Å². The number of phenolic OH excluding ortho intramolecular Hbond substituents is 1. The SMILES string of the molecule is CCCCCCCCCCCCOC(=O)CCCC(C)(C)c1cc(OCCCC)c(C(C)(C)CCCC(=O)OCCCCCCCCCCCC)cc1O. The monoisotopic (exact) mass is 759 g/mol. The van der Waals surface area contributed by atoms with Crippen molar-refractivity contribution in [3.63, 3.8) is 0 Å². The fraction of sp³-hybridized carbons (Fsp3) is 0.833. The molecule has 0 fully saturated rings. The van der Waals surface area contributed by atoms with E-state index < -0.39 is 0 Å². The molecule has 1 rings (SSSR count). The van der Waals surface area contributed by atoms with Gasteiger partial charge in [-0.2, -0.15) is 0 Å². The molecular formula is C48H86O6. The number of benzene rings is 1. The second-order valence-electron chi connectivity index (χ2n) is 17.3. The van der Waals surface area contributed by atoms with Crippen molar-refractivity contribution < 1.29 is 28.9 Å². The summed E-state index contributed by atoms with van der Waals surface area (Å²) in [6, 6.07) is 3.90. The van der Waals surface area contributed by atoms with Gasteiger partial charge < -0.3 is 19.3 Å². The Morgan fingerprint density at radius 2 is 0.852 bits per heavy atom. The Hall–Kier alpha value is -2.24. The average molecular weight is 759 g/mol. The van der Waals surface area contributed by atoms with E-state index in [1.165, 1.54) is 103 Å². The Kier molecular flexibility index (Phi) is 28.5. The first-order valence-electron chi connectivity index (χ1n) is 22.8. The molecule has 6 heteroatoms. The molecular weight excluding hydrogens is 673 g/mol. The van der Waals surface area contributed by atoms with Crippen LogP contribution in [0.3, 0.4) is 0 Å². The molecule has 1 aromatic carbocycles. The van der Waals surface area contributed by atoms with Crippen molar-refractivity contribution in [1.29, 1.82) is 0 Å². The smallest absolute Gasteiger partial charge is 0.305 e. The quantitative estimate of drug-likeness (QED) is 0.0542. The van der Waals surface area contributed by atoms with Gasteiger partial charge in [-0.3, -0.25) is 9.59 Å². The number of carbonyl (C=O) groups is 2. The van der Waals surface area contributed by atoms with Crippen molar-refractivity contribution in [3.05, 3.63) is 23.3 Å². The Labute approximate surface area is 333 Å². The molecule has 0 saturated carbocycles. The fourth-order valence-corrected chi connectivity index (χ4v) is 7.40. The number of rotatable bonds is 36. The van der Waals surface area contributed by atoms with Gasteiger partial charge in [0.15, 0.2) is 0 Å². The number of unbranched alkanes of at least 4 members (excludes halogenated alkanes) is 19. The average Bonchev–Trinajstić information content (AvgIpc) is 3.13. The zero-order valence-corrected chi connectivity index (χ0v) is 36.6. The molecule has 1 aromatic rings. The number of phenols is 1. The third-order valence-corrected chi connectivity index (χ3v) is 11.2. The van der Waals surface area contributed by atoms with Crippen LogP contribution in [0, 0.1) is 0 Å². The minimum atomic E-state index is -0.357. The van der Waals surface area contributed by atoms with E-state index in [0.717, 1.165) is 68.2 Å². The minimum absolute atomic E-state index is 0.122. The number of carbonyl (C=O) groups excluding carboxylic acids is 2. The lowest BCUT2D eigenvalue weighted by Crippen LogP contribution is -2.22. The highest BCUT2D eigenvalue weighted by atomic mass is 16.5. The summed E-state index contributed by atoms with van der Waals surface area (Å²) in [4.78, 5) is 25.0. The van der Waals surface area contributed by atoms with Crippen molar-refractivity contribution in [2.24, 2.45) is 0 Å². The molecule has 6 nitrogen and oxygen atoms in total. The van der Waals surface area contributed by atoms with Gasteiger partial charge in [-0.05, 0) is 67.9 Å². The van der Waals surface area contributed by atoms with E-state index in [-0.39, 0.29) is 28.5 Å². The lowest BCUT2D eigenvalue weighted by atomic mass is 9.75. The van der Waals surface area contributed by atoms with Gasteiger partial charge in [0.2, 0.25) is 0 Å². The molecule has 0 aliphatic rings. The molecule has 0 aromatic heterocycles. The fourth-order valence-electron chi connectivity index (χ4n) is 7.40. The van der Waals surface area contributed by atoms with E-state index in [0.29, 0.717) is 45.5 Å². The molecule has 314 valence electrons. The Balaban J connectivity index is 2.55. The topological polar surface area (TPSA) is 82.1 Å². The largest absolute Gasteiger partial charge is 0.508 e. The molecule has 0 amide bonds. The molecule has 0 aliphatic carbocycles. The molecule has 0 saturated heterocycles. The molecule has 0 aliphatic heterocycles. The molecule has 54 heavy (non-hydrogen) atoms. The lowest BCUT2D eigenvalue weighted by Gasteiger charge is -2.32. The van der Waals surface area contributed by atoms with Gasteiger partial charge in [-0.25, -0.2) is 0 Å². The van der Waals surface area contributed by atoms with E-state index in [2.05, 4.69) is 48.5 Å².